The fourth-order valence-corrected chi connectivity index (χ4v) is 5.69. The predicted octanol–water partition coefficient (Wildman–Crippen LogP) is 1.70. The summed E-state index contributed by atoms with van der Waals surface area (Å²) < 4.78 is 11.1. The van der Waals surface area contributed by atoms with Crippen LogP contribution in [0.25, 0.3) is 0 Å². The molecule has 0 bridgehead atoms. The van der Waals surface area contributed by atoms with Crippen molar-refractivity contribution in [1.29, 1.82) is 0 Å². The van der Waals surface area contributed by atoms with Gasteiger partial charge < -0.3 is 14.4 Å². The molecule has 1 aromatic heterocycles. The highest BCUT2D eigenvalue weighted by Gasteiger charge is 2.61. The number of carbonyl (C=O) groups is 3. The molecule has 2 fully saturated rings. The Kier molecular flexibility index (Phi) is 6.37. The molecule has 2 saturated heterocycles. The van der Waals surface area contributed by atoms with Crippen LogP contribution in [0.15, 0.2) is 43.1 Å². The number of nitro groups is 1. The van der Waals surface area contributed by atoms with E-state index in [9.17, 15) is 24.5 Å². The van der Waals surface area contributed by atoms with Crippen LogP contribution in [-0.4, -0.2) is 65.4 Å². The Hall–Kier alpha value is -3.74. The van der Waals surface area contributed by atoms with E-state index in [0.29, 0.717) is 12.0 Å². The molecule has 12 nitrogen and oxygen atoms in total. The number of carbonyl (C=O) groups excluding carboxylic acids is 3. The third-order valence-corrected chi connectivity index (χ3v) is 7.14. The molecular formula is C21H21N5O7S. The number of hydrogen-bond acceptors (Lipinski definition) is 10. The second-order valence-corrected chi connectivity index (χ2v) is 9.70. The molecule has 0 aliphatic carbocycles. The van der Waals surface area contributed by atoms with Crippen LogP contribution >= 0.6 is 11.8 Å². The molecule has 4 rings (SSSR count). The first-order valence-electron chi connectivity index (χ1n) is 10.3. The summed E-state index contributed by atoms with van der Waals surface area (Å²) in [6, 6.07) is 4.74. The van der Waals surface area contributed by atoms with E-state index < -0.39 is 27.7 Å². The molecule has 34 heavy (non-hydrogen) atoms. The average molecular weight is 487 g/mol. The Morgan fingerprint density at radius 1 is 1.35 bits per heavy atom. The molecule has 2 aromatic rings. The van der Waals surface area contributed by atoms with Gasteiger partial charge in [0.05, 0.1) is 34.2 Å². The Morgan fingerprint density at radius 3 is 2.74 bits per heavy atom. The lowest BCUT2D eigenvalue weighted by molar-refractivity contribution is -0.384. The van der Waals surface area contributed by atoms with E-state index in [1.807, 2.05) is 6.92 Å². The molecule has 2 aliphatic heterocycles. The molecular weight excluding hydrogens is 466 g/mol. The quantitative estimate of drug-likeness (QED) is 0.168. The van der Waals surface area contributed by atoms with E-state index in [0.717, 1.165) is 0 Å². The summed E-state index contributed by atoms with van der Waals surface area (Å²) in [6.07, 6.45) is 3.02. The molecule has 2 aliphatic rings. The number of aromatic nitrogens is 3. The number of thioether (sulfide) groups is 1. The van der Waals surface area contributed by atoms with Gasteiger partial charge in [0.1, 0.15) is 19.3 Å². The molecule has 0 saturated carbocycles. The SMILES string of the molecule is C=CCOC(=O)c1cnnn1C[C@]1(C)S[C@@H]2CC(=O)N2[C@H]1C(=O)OCc1ccc([N+](=O)[O-])cc1. The van der Waals surface area contributed by atoms with Crippen LogP contribution in [-0.2, 0) is 32.2 Å². The standard InChI is InChI=1S/C21H21N5O7S/c1-3-8-32-19(28)15-10-22-23-24(15)12-21(2)18(25-16(27)9-17(25)34-21)20(29)33-11-13-4-6-14(7-5-13)26(30)31/h3-7,10,17-18H,1,8-9,11-12H2,2H3/t17-,18+,21+/m1/s1. The highest BCUT2D eigenvalue weighted by atomic mass is 32.2. The molecule has 0 radical (unpaired) electrons. The monoisotopic (exact) mass is 487 g/mol. The maximum absolute atomic E-state index is 13.1. The second kappa shape index (κ2) is 9.25. The van der Waals surface area contributed by atoms with Crippen LogP contribution < -0.4 is 0 Å². The molecule has 1 aromatic carbocycles. The minimum atomic E-state index is -0.914. The normalized spacial score (nSPS) is 23.1. The van der Waals surface area contributed by atoms with Gasteiger partial charge in [-0.2, -0.15) is 0 Å². The molecule has 13 heteroatoms. The number of fused-ring (bicyclic) bond motifs is 1. The van der Waals surface area contributed by atoms with Crippen molar-refractivity contribution in [2.45, 2.75) is 42.7 Å². The van der Waals surface area contributed by atoms with Crippen LogP contribution in [0.5, 0.6) is 0 Å². The van der Waals surface area contributed by atoms with Gasteiger partial charge in [-0.3, -0.25) is 14.9 Å². The largest absolute Gasteiger partial charge is 0.459 e. The van der Waals surface area contributed by atoms with Gasteiger partial charge in [-0.15, -0.1) is 16.9 Å². The number of nitro benzene ring substituents is 1. The van der Waals surface area contributed by atoms with E-state index in [4.69, 9.17) is 9.47 Å². The summed E-state index contributed by atoms with van der Waals surface area (Å²) in [5.41, 5.74) is 0.614. The maximum Gasteiger partial charge on any atom is 0.358 e. The molecule has 3 heterocycles. The summed E-state index contributed by atoms with van der Waals surface area (Å²) in [4.78, 5) is 49.6. The number of benzene rings is 1. The lowest BCUT2D eigenvalue weighted by Gasteiger charge is -2.37. The molecule has 178 valence electrons. The highest BCUT2D eigenvalue weighted by Crippen LogP contribution is 2.52. The van der Waals surface area contributed by atoms with Gasteiger partial charge in [-0.25, -0.2) is 14.3 Å². The number of amides is 1. The summed E-state index contributed by atoms with van der Waals surface area (Å²) in [5.74, 6) is -1.41. The van der Waals surface area contributed by atoms with Gasteiger partial charge in [0, 0.05) is 12.1 Å². The lowest BCUT2D eigenvalue weighted by atomic mass is 9.96. The first-order valence-corrected chi connectivity index (χ1v) is 11.2. The first kappa shape index (κ1) is 23.4. The molecule has 0 unspecified atom stereocenters. The number of non-ortho nitro benzene ring substituents is 1. The van der Waals surface area contributed by atoms with Gasteiger partial charge in [-0.1, -0.05) is 17.9 Å². The molecule has 3 atom stereocenters. The van der Waals surface area contributed by atoms with Crippen LogP contribution in [0.4, 0.5) is 5.69 Å². The van der Waals surface area contributed by atoms with E-state index in [1.54, 1.807) is 0 Å². The van der Waals surface area contributed by atoms with Crippen molar-refractivity contribution < 1.29 is 28.8 Å². The smallest absolute Gasteiger partial charge is 0.358 e. The lowest BCUT2D eigenvalue weighted by Crippen LogP contribution is -2.58. The second-order valence-electron chi connectivity index (χ2n) is 7.99. The number of ether oxygens (including phenoxy) is 2. The first-order chi connectivity index (χ1) is 16.2. The van der Waals surface area contributed by atoms with Gasteiger partial charge in [0.25, 0.3) is 5.69 Å². The Balaban J connectivity index is 1.51. The third-order valence-electron chi connectivity index (χ3n) is 5.58. The zero-order valence-electron chi connectivity index (χ0n) is 18.2. The number of esters is 2. The molecule has 0 N–H and O–H groups in total. The minimum absolute atomic E-state index is 0.0258. The summed E-state index contributed by atoms with van der Waals surface area (Å²) in [7, 11) is 0. The number of β-lactam (4-membered cyclic amide) rings is 1. The summed E-state index contributed by atoms with van der Waals surface area (Å²) in [5, 5.41) is 18.4. The van der Waals surface area contributed by atoms with Crippen molar-refractivity contribution >= 4 is 35.3 Å². The predicted molar refractivity (Wildman–Crippen MR) is 118 cm³/mol. The zero-order chi connectivity index (χ0) is 24.5. The highest BCUT2D eigenvalue weighted by molar-refractivity contribution is 8.01. The Labute approximate surface area is 198 Å². The van der Waals surface area contributed by atoms with E-state index in [-0.39, 0.29) is 42.4 Å². The van der Waals surface area contributed by atoms with Gasteiger partial charge in [0.15, 0.2) is 5.69 Å². The average Bonchev–Trinajstić information content (AvgIpc) is 3.35. The summed E-state index contributed by atoms with van der Waals surface area (Å²) in [6.45, 7) is 5.33. The van der Waals surface area contributed by atoms with Gasteiger partial charge in [-0.05, 0) is 24.6 Å². The van der Waals surface area contributed by atoms with Crippen LogP contribution in [0.1, 0.15) is 29.4 Å². The minimum Gasteiger partial charge on any atom is -0.459 e. The fraction of sp³-hybridized carbons (Fsp3) is 0.381. The fourth-order valence-electron chi connectivity index (χ4n) is 3.95. The zero-order valence-corrected chi connectivity index (χ0v) is 19.0. The van der Waals surface area contributed by atoms with Gasteiger partial charge in [0.2, 0.25) is 5.91 Å². The molecule has 1 amide bonds. The molecule has 0 spiro atoms. The van der Waals surface area contributed by atoms with Crippen molar-refractivity contribution in [3.8, 4) is 0 Å². The van der Waals surface area contributed by atoms with Crippen LogP contribution in [0, 0.1) is 10.1 Å². The van der Waals surface area contributed by atoms with Crippen molar-refractivity contribution in [3.63, 3.8) is 0 Å². The van der Waals surface area contributed by atoms with Crippen LogP contribution in [0.3, 0.4) is 0 Å². The van der Waals surface area contributed by atoms with E-state index >= 15 is 0 Å². The topological polar surface area (TPSA) is 147 Å². The number of rotatable bonds is 9. The summed E-state index contributed by atoms with van der Waals surface area (Å²) >= 11 is 1.44. The third kappa shape index (κ3) is 4.38. The van der Waals surface area contributed by atoms with Crippen molar-refractivity contribution in [2.75, 3.05) is 6.61 Å². The van der Waals surface area contributed by atoms with Crippen LogP contribution in [0.2, 0.25) is 0 Å². The van der Waals surface area contributed by atoms with E-state index in [1.165, 1.54) is 57.9 Å². The van der Waals surface area contributed by atoms with E-state index in [2.05, 4.69) is 16.9 Å². The van der Waals surface area contributed by atoms with Gasteiger partial charge >= 0.3 is 11.9 Å². The van der Waals surface area contributed by atoms with Crippen molar-refractivity contribution in [3.05, 3.63) is 64.5 Å². The Morgan fingerprint density at radius 2 is 2.09 bits per heavy atom. The van der Waals surface area contributed by atoms with Crippen molar-refractivity contribution in [1.82, 2.24) is 19.9 Å². The number of nitrogens with zero attached hydrogens (tertiary/aromatic N) is 5. The van der Waals surface area contributed by atoms with Crippen molar-refractivity contribution in [2.24, 2.45) is 0 Å². The number of hydrogen-bond donors (Lipinski definition) is 0. The Bertz CT molecular complexity index is 1150. The maximum atomic E-state index is 13.1.